The molecule has 106 valence electrons. The van der Waals surface area contributed by atoms with Gasteiger partial charge in [0.25, 0.3) is 0 Å². The van der Waals surface area contributed by atoms with Gasteiger partial charge in [-0.25, -0.2) is 13.6 Å². The standard InChI is InChI=1S/C13H14N2O3S2/c14-20(17,18)9-10-1-3-12(4-2-10)15-13(16)7-11-5-6-19-8-11/h1-6,8H,7,9H2,(H,15,16)(H2,14,17,18). The Labute approximate surface area is 121 Å². The summed E-state index contributed by atoms with van der Waals surface area (Å²) in [6, 6.07) is 8.48. The van der Waals surface area contributed by atoms with Crippen molar-refractivity contribution in [2.45, 2.75) is 12.2 Å². The van der Waals surface area contributed by atoms with Crippen LogP contribution >= 0.6 is 11.3 Å². The van der Waals surface area contributed by atoms with Crippen molar-refractivity contribution in [3.8, 4) is 0 Å². The van der Waals surface area contributed by atoms with Crippen molar-refractivity contribution in [3.05, 3.63) is 52.2 Å². The Hall–Kier alpha value is -1.70. The lowest BCUT2D eigenvalue weighted by Gasteiger charge is -2.05. The predicted molar refractivity (Wildman–Crippen MR) is 79.9 cm³/mol. The van der Waals surface area contributed by atoms with Gasteiger partial charge < -0.3 is 5.32 Å². The van der Waals surface area contributed by atoms with Crippen molar-refractivity contribution >= 4 is 33.0 Å². The van der Waals surface area contributed by atoms with Gasteiger partial charge in [0.15, 0.2) is 0 Å². The Kier molecular flexibility index (Phi) is 4.53. The van der Waals surface area contributed by atoms with Gasteiger partial charge >= 0.3 is 0 Å². The average Bonchev–Trinajstić information content (AvgIpc) is 2.82. The van der Waals surface area contributed by atoms with E-state index in [1.807, 2.05) is 16.8 Å². The van der Waals surface area contributed by atoms with Crippen molar-refractivity contribution in [3.63, 3.8) is 0 Å². The molecule has 0 saturated carbocycles. The van der Waals surface area contributed by atoms with Crippen LogP contribution in [0.3, 0.4) is 0 Å². The van der Waals surface area contributed by atoms with Crippen molar-refractivity contribution in [2.24, 2.45) is 5.14 Å². The molecule has 1 aromatic carbocycles. The van der Waals surface area contributed by atoms with E-state index >= 15 is 0 Å². The molecule has 20 heavy (non-hydrogen) atoms. The zero-order chi connectivity index (χ0) is 14.6. The highest BCUT2D eigenvalue weighted by molar-refractivity contribution is 7.88. The highest BCUT2D eigenvalue weighted by Crippen LogP contribution is 2.13. The van der Waals surface area contributed by atoms with E-state index in [1.165, 1.54) is 0 Å². The smallest absolute Gasteiger partial charge is 0.228 e. The number of nitrogens with two attached hydrogens (primary N) is 1. The zero-order valence-corrected chi connectivity index (χ0v) is 12.2. The first-order valence-electron chi connectivity index (χ1n) is 5.83. The molecule has 5 nitrogen and oxygen atoms in total. The van der Waals surface area contributed by atoms with Gasteiger partial charge in [0.1, 0.15) is 0 Å². The molecule has 0 aliphatic rings. The fourth-order valence-corrected chi connectivity index (χ4v) is 3.03. The molecule has 7 heteroatoms. The number of amides is 1. The number of carbonyl (C=O) groups is 1. The van der Waals surface area contributed by atoms with Crippen LogP contribution in [0, 0.1) is 0 Å². The Morgan fingerprint density at radius 3 is 2.40 bits per heavy atom. The van der Waals surface area contributed by atoms with E-state index < -0.39 is 10.0 Å². The summed E-state index contributed by atoms with van der Waals surface area (Å²) in [6.07, 6.45) is 0.322. The highest BCUT2D eigenvalue weighted by atomic mass is 32.2. The average molecular weight is 310 g/mol. The molecule has 0 bridgehead atoms. The van der Waals surface area contributed by atoms with E-state index in [-0.39, 0.29) is 11.7 Å². The van der Waals surface area contributed by atoms with Crippen molar-refractivity contribution in [2.75, 3.05) is 5.32 Å². The molecule has 2 aromatic rings. The Balaban J connectivity index is 1.95. The summed E-state index contributed by atoms with van der Waals surface area (Å²) in [5.41, 5.74) is 2.19. The summed E-state index contributed by atoms with van der Waals surface area (Å²) >= 11 is 1.55. The molecule has 0 spiro atoms. The maximum Gasteiger partial charge on any atom is 0.228 e. The van der Waals surface area contributed by atoms with Crippen LogP contribution < -0.4 is 10.5 Å². The van der Waals surface area contributed by atoms with E-state index in [2.05, 4.69) is 5.32 Å². The molecule has 1 heterocycles. The molecule has 2 rings (SSSR count). The lowest BCUT2D eigenvalue weighted by molar-refractivity contribution is -0.115. The molecule has 0 fully saturated rings. The van der Waals surface area contributed by atoms with Gasteiger partial charge in [-0.05, 0) is 40.1 Å². The molecule has 0 saturated heterocycles. The molecular formula is C13H14N2O3S2. The van der Waals surface area contributed by atoms with Gasteiger partial charge in [0.05, 0.1) is 12.2 Å². The summed E-state index contributed by atoms with van der Waals surface area (Å²) in [6.45, 7) is 0. The molecule has 1 aromatic heterocycles. The minimum absolute atomic E-state index is 0.109. The van der Waals surface area contributed by atoms with Crippen LogP contribution in [0.5, 0.6) is 0 Å². The predicted octanol–water partition coefficient (Wildman–Crippen LogP) is 1.72. The SMILES string of the molecule is NS(=O)(=O)Cc1ccc(NC(=O)Cc2ccsc2)cc1. The number of primary sulfonamides is 1. The monoisotopic (exact) mass is 310 g/mol. The summed E-state index contributed by atoms with van der Waals surface area (Å²) in [5.74, 6) is -0.321. The Morgan fingerprint density at radius 2 is 1.85 bits per heavy atom. The van der Waals surface area contributed by atoms with Gasteiger partial charge in [-0.15, -0.1) is 0 Å². The number of carbonyl (C=O) groups excluding carboxylic acids is 1. The summed E-state index contributed by atoms with van der Waals surface area (Å²) in [4.78, 5) is 11.8. The van der Waals surface area contributed by atoms with Gasteiger partial charge in [0.2, 0.25) is 15.9 Å². The second kappa shape index (κ2) is 6.17. The number of sulfonamides is 1. The molecule has 1 amide bonds. The minimum atomic E-state index is -3.53. The molecule has 0 radical (unpaired) electrons. The first-order valence-corrected chi connectivity index (χ1v) is 8.48. The summed E-state index contributed by atoms with van der Waals surface area (Å²) in [5, 5.41) is 11.6. The second-order valence-corrected chi connectivity index (χ2v) is 6.76. The van der Waals surface area contributed by atoms with Crippen molar-refractivity contribution < 1.29 is 13.2 Å². The van der Waals surface area contributed by atoms with Crippen molar-refractivity contribution in [1.82, 2.24) is 0 Å². The van der Waals surface area contributed by atoms with Crippen LogP contribution in [0.4, 0.5) is 5.69 Å². The Bertz CT molecular complexity index is 677. The maximum absolute atomic E-state index is 11.8. The Morgan fingerprint density at radius 1 is 1.15 bits per heavy atom. The largest absolute Gasteiger partial charge is 0.326 e. The molecule has 0 atom stereocenters. The number of hydrogen-bond donors (Lipinski definition) is 2. The number of anilines is 1. The van der Waals surface area contributed by atoms with Crippen LogP contribution in [0.15, 0.2) is 41.1 Å². The number of nitrogens with one attached hydrogen (secondary N) is 1. The quantitative estimate of drug-likeness (QED) is 0.881. The number of hydrogen-bond acceptors (Lipinski definition) is 4. The molecule has 0 aliphatic heterocycles. The van der Waals surface area contributed by atoms with Crippen LogP contribution in [0.25, 0.3) is 0 Å². The summed E-state index contributed by atoms with van der Waals surface area (Å²) in [7, 11) is -3.53. The number of thiophene rings is 1. The molecule has 0 aliphatic carbocycles. The normalized spacial score (nSPS) is 11.2. The van der Waals surface area contributed by atoms with Gasteiger partial charge in [-0.3, -0.25) is 4.79 Å². The second-order valence-electron chi connectivity index (χ2n) is 4.36. The fourth-order valence-electron chi connectivity index (χ4n) is 1.70. The maximum atomic E-state index is 11.8. The minimum Gasteiger partial charge on any atom is -0.326 e. The van der Waals surface area contributed by atoms with E-state index in [0.717, 1.165) is 5.56 Å². The topological polar surface area (TPSA) is 89.3 Å². The molecule has 3 N–H and O–H groups in total. The number of rotatable bonds is 5. The third-order valence-corrected chi connectivity index (χ3v) is 4.02. The van der Waals surface area contributed by atoms with Crippen LogP contribution in [0.1, 0.15) is 11.1 Å². The lowest BCUT2D eigenvalue weighted by Crippen LogP contribution is -2.15. The number of benzene rings is 1. The van der Waals surface area contributed by atoms with Gasteiger partial charge in [0, 0.05) is 5.69 Å². The third-order valence-electron chi connectivity index (χ3n) is 2.55. The molecular weight excluding hydrogens is 296 g/mol. The zero-order valence-electron chi connectivity index (χ0n) is 10.6. The third kappa shape index (κ3) is 4.76. The van der Waals surface area contributed by atoms with Gasteiger partial charge in [-0.1, -0.05) is 12.1 Å². The van der Waals surface area contributed by atoms with E-state index in [9.17, 15) is 13.2 Å². The van der Waals surface area contributed by atoms with Crippen molar-refractivity contribution in [1.29, 1.82) is 0 Å². The first-order chi connectivity index (χ1) is 9.42. The van der Waals surface area contributed by atoms with E-state index in [4.69, 9.17) is 5.14 Å². The highest BCUT2D eigenvalue weighted by Gasteiger charge is 2.07. The van der Waals surface area contributed by atoms with E-state index in [0.29, 0.717) is 17.7 Å². The molecule has 0 unspecified atom stereocenters. The van der Waals surface area contributed by atoms with E-state index in [1.54, 1.807) is 35.6 Å². The van der Waals surface area contributed by atoms with Crippen LogP contribution in [-0.4, -0.2) is 14.3 Å². The fraction of sp³-hybridized carbons (Fsp3) is 0.154. The summed E-state index contributed by atoms with van der Waals surface area (Å²) < 4.78 is 21.9. The van der Waals surface area contributed by atoms with Crippen LogP contribution in [0.2, 0.25) is 0 Å². The van der Waals surface area contributed by atoms with Crippen LogP contribution in [-0.2, 0) is 27.0 Å². The van der Waals surface area contributed by atoms with Gasteiger partial charge in [-0.2, -0.15) is 11.3 Å². The first kappa shape index (κ1) is 14.7. The lowest BCUT2D eigenvalue weighted by atomic mass is 10.2.